The second-order valence-electron chi connectivity index (χ2n) is 2.79. The molecule has 0 rings (SSSR count). The highest BCUT2D eigenvalue weighted by atomic mass is 35.5. The largest absolute Gasteiger partial charge is 0.312 e. The van der Waals surface area contributed by atoms with Crippen LogP contribution in [0, 0.1) is 0 Å². The van der Waals surface area contributed by atoms with E-state index >= 15 is 0 Å². The molecule has 0 aliphatic rings. The van der Waals surface area contributed by atoms with Crippen LogP contribution in [0.5, 0.6) is 0 Å². The summed E-state index contributed by atoms with van der Waals surface area (Å²) in [5.74, 6) is 2.98. The summed E-state index contributed by atoms with van der Waals surface area (Å²) in [7, 11) is 0. The van der Waals surface area contributed by atoms with Gasteiger partial charge in [-0.05, 0) is 13.8 Å². The van der Waals surface area contributed by atoms with Gasteiger partial charge in [0.2, 0.25) is 0 Å². The third kappa shape index (κ3) is 10.3. The average Bonchev–Trinajstić information content (AvgIpc) is 2.02. The molecule has 0 saturated heterocycles. The van der Waals surface area contributed by atoms with E-state index in [-0.39, 0.29) is 0 Å². The van der Waals surface area contributed by atoms with Crippen LogP contribution in [0.3, 0.4) is 0 Å². The molecule has 3 heteroatoms. The van der Waals surface area contributed by atoms with Crippen LogP contribution in [-0.2, 0) is 0 Å². The molecule has 0 unspecified atom stereocenters. The summed E-state index contributed by atoms with van der Waals surface area (Å²) in [6, 6.07) is 0. The van der Waals surface area contributed by atoms with Crippen molar-refractivity contribution in [2.24, 2.45) is 0 Å². The molecule has 0 radical (unpaired) electrons. The van der Waals surface area contributed by atoms with Gasteiger partial charge in [0, 0.05) is 30.5 Å². The number of rotatable bonds is 7. The van der Waals surface area contributed by atoms with Crippen LogP contribution in [0.15, 0.2) is 11.6 Å². The Kier molecular flexibility index (Phi) is 9.70. The second kappa shape index (κ2) is 9.43. The molecule has 0 amide bonds. The van der Waals surface area contributed by atoms with Crippen LogP contribution in [-0.4, -0.2) is 30.5 Å². The Morgan fingerprint density at radius 2 is 2.17 bits per heavy atom. The van der Waals surface area contributed by atoms with Crippen molar-refractivity contribution in [2.45, 2.75) is 13.8 Å². The van der Waals surface area contributed by atoms with E-state index in [2.05, 4.69) is 25.2 Å². The lowest BCUT2D eigenvalue weighted by Crippen LogP contribution is -2.17. The topological polar surface area (TPSA) is 12.0 Å². The zero-order valence-electron chi connectivity index (χ0n) is 7.90. The molecular weight excluding hydrogens is 190 g/mol. The SMILES string of the molecule is CC(C)=CCNCCSCCCl. The summed E-state index contributed by atoms with van der Waals surface area (Å²) in [5, 5.41) is 3.34. The maximum absolute atomic E-state index is 5.53. The van der Waals surface area contributed by atoms with Crippen molar-refractivity contribution in [2.75, 3.05) is 30.5 Å². The molecule has 1 N–H and O–H groups in total. The first kappa shape index (κ1) is 12.3. The summed E-state index contributed by atoms with van der Waals surface area (Å²) in [5.41, 5.74) is 1.37. The lowest BCUT2D eigenvalue weighted by Gasteiger charge is -2.00. The molecule has 0 aliphatic carbocycles. The highest BCUT2D eigenvalue weighted by Crippen LogP contribution is 1.98. The molecule has 72 valence electrons. The van der Waals surface area contributed by atoms with Gasteiger partial charge in [-0.3, -0.25) is 0 Å². The summed E-state index contributed by atoms with van der Waals surface area (Å²) >= 11 is 7.43. The maximum atomic E-state index is 5.53. The minimum absolute atomic E-state index is 0.763. The quantitative estimate of drug-likeness (QED) is 0.391. The molecule has 0 saturated carbocycles. The molecular formula is C9H18ClNS. The summed E-state index contributed by atoms with van der Waals surface area (Å²) in [6.07, 6.45) is 2.20. The van der Waals surface area contributed by atoms with Gasteiger partial charge in [-0.2, -0.15) is 11.8 Å². The highest BCUT2D eigenvalue weighted by Gasteiger charge is 1.86. The van der Waals surface area contributed by atoms with E-state index in [0.29, 0.717) is 0 Å². The molecule has 0 aromatic carbocycles. The molecule has 1 nitrogen and oxygen atoms in total. The number of halogens is 1. The molecule has 0 spiro atoms. The van der Waals surface area contributed by atoms with Gasteiger partial charge >= 0.3 is 0 Å². The van der Waals surface area contributed by atoms with Crippen molar-refractivity contribution in [1.82, 2.24) is 5.32 Å². The minimum Gasteiger partial charge on any atom is -0.312 e. The normalized spacial score (nSPS) is 9.92. The molecule has 0 aromatic heterocycles. The Labute approximate surface area is 84.9 Å². The van der Waals surface area contributed by atoms with E-state index < -0.39 is 0 Å². The Balaban J connectivity index is 2.96. The van der Waals surface area contributed by atoms with Crippen molar-refractivity contribution >= 4 is 23.4 Å². The van der Waals surface area contributed by atoms with Gasteiger partial charge in [-0.1, -0.05) is 11.6 Å². The van der Waals surface area contributed by atoms with Gasteiger partial charge in [0.05, 0.1) is 0 Å². The zero-order chi connectivity index (χ0) is 9.23. The second-order valence-corrected chi connectivity index (χ2v) is 4.39. The highest BCUT2D eigenvalue weighted by molar-refractivity contribution is 7.99. The van der Waals surface area contributed by atoms with Crippen molar-refractivity contribution in [1.29, 1.82) is 0 Å². The number of thioether (sulfide) groups is 1. The lowest BCUT2D eigenvalue weighted by molar-refractivity contribution is 0.802. The van der Waals surface area contributed by atoms with Crippen LogP contribution >= 0.6 is 23.4 Å². The third-order valence-corrected chi connectivity index (χ3v) is 2.70. The van der Waals surface area contributed by atoms with E-state index in [0.717, 1.165) is 30.5 Å². The van der Waals surface area contributed by atoms with E-state index in [1.807, 2.05) is 11.8 Å². The number of nitrogens with one attached hydrogen (secondary N) is 1. The van der Waals surface area contributed by atoms with Crippen molar-refractivity contribution in [3.05, 3.63) is 11.6 Å². The van der Waals surface area contributed by atoms with Crippen LogP contribution in [0.4, 0.5) is 0 Å². The Morgan fingerprint density at radius 3 is 2.75 bits per heavy atom. The third-order valence-electron chi connectivity index (χ3n) is 1.30. The first-order valence-electron chi connectivity index (χ1n) is 4.25. The fourth-order valence-corrected chi connectivity index (χ4v) is 1.61. The molecule has 0 fully saturated rings. The van der Waals surface area contributed by atoms with E-state index in [1.54, 1.807) is 0 Å². The number of allylic oxidation sites excluding steroid dienone is 1. The van der Waals surface area contributed by atoms with Crippen LogP contribution < -0.4 is 5.32 Å². The van der Waals surface area contributed by atoms with E-state index in [9.17, 15) is 0 Å². The predicted molar refractivity (Wildman–Crippen MR) is 60.3 cm³/mol. The molecule has 0 heterocycles. The van der Waals surface area contributed by atoms with Crippen LogP contribution in [0.25, 0.3) is 0 Å². The van der Waals surface area contributed by atoms with Crippen LogP contribution in [0.1, 0.15) is 13.8 Å². The molecule has 0 aromatic rings. The monoisotopic (exact) mass is 207 g/mol. The first-order valence-corrected chi connectivity index (χ1v) is 5.94. The van der Waals surface area contributed by atoms with Gasteiger partial charge in [-0.25, -0.2) is 0 Å². The summed E-state index contributed by atoms with van der Waals surface area (Å²) < 4.78 is 0. The van der Waals surface area contributed by atoms with E-state index in [4.69, 9.17) is 11.6 Å². The maximum Gasteiger partial charge on any atom is 0.0314 e. The number of hydrogen-bond donors (Lipinski definition) is 1. The molecule has 0 bridgehead atoms. The fraction of sp³-hybridized carbons (Fsp3) is 0.778. The molecule has 0 aliphatic heterocycles. The van der Waals surface area contributed by atoms with Crippen molar-refractivity contribution in [3.8, 4) is 0 Å². The zero-order valence-corrected chi connectivity index (χ0v) is 9.47. The Hall–Kier alpha value is 0.340. The number of hydrogen-bond acceptors (Lipinski definition) is 2. The van der Waals surface area contributed by atoms with Gasteiger partial charge in [0.1, 0.15) is 0 Å². The summed E-state index contributed by atoms with van der Waals surface area (Å²) in [6.45, 7) is 6.29. The van der Waals surface area contributed by atoms with Crippen molar-refractivity contribution < 1.29 is 0 Å². The standard InChI is InChI=1S/C9H18ClNS/c1-9(2)3-5-11-6-8-12-7-4-10/h3,11H,4-8H2,1-2H3. The minimum atomic E-state index is 0.763. The fourth-order valence-electron chi connectivity index (χ4n) is 0.679. The smallest absolute Gasteiger partial charge is 0.0314 e. The van der Waals surface area contributed by atoms with E-state index in [1.165, 1.54) is 5.57 Å². The Morgan fingerprint density at radius 1 is 1.42 bits per heavy atom. The number of alkyl halides is 1. The predicted octanol–water partition coefficient (Wildman–Crippen LogP) is 2.51. The van der Waals surface area contributed by atoms with Gasteiger partial charge in [-0.15, -0.1) is 11.6 Å². The van der Waals surface area contributed by atoms with Crippen molar-refractivity contribution in [3.63, 3.8) is 0 Å². The van der Waals surface area contributed by atoms with Gasteiger partial charge < -0.3 is 5.32 Å². The van der Waals surface area contributed by atoms with Gasteiger partial charge in [0.15, 0.2) is 0 Å². The summed E-state index contributed by atoms with van der Waals surface area (Å²) in [4.78, 5) is 0. The lowest BCUT2D eigenvalue weighted by atomic mass is 10.3. The Bertz CT molecular complexity index is 122. The average molecular weight is 208 g/mol. The van der Waals surface area contributed by atoms with Crippen LogP contribution in [0.2, 0.25) is 0 Å². The first-order chi connectivity index (χ1) is 5.77. The molecule has 0 atom stereocenters. The molecule has 12 heavy (non-hydrogen) atoms. The van der Waals surface area contributed by atoms with Gasteiger partial charge in [0.25, 0.3) is 0 Å².